The number of esters is 1. The van der Waals surface area contributed by atoms with E-state index in [-0.39, 0.29) is 13.8 Å². The van der Waals surface area contributed by atoms with E-state index in [1.165, 1.54) is 0 Å². The molecule has 0 aliphatic rings. The number of carbonyl (C=O) groups excluding carboxylic acids is 1. The lowest BCUT2D eigenvalue weighted by Gasteiger charge is -2.41. The molecule has 0 fully saturated rings. The zero-order valence-corrected chi connectivity index (χ0v) is 11.4. The van der Waals surface area contributed by atoms with Gasteiger partial charge in [-0.05, 0) is 20.8 Å². The Balaban J connectivity index is 5.89. The molecule has 0 N–H and O–H groups in total. The molecule has 11 heteroatoms. The molecule has 0 aliphatic carbocycles. The van der Waals surface area contributed by atoms with Crippen molar-refractivity contribution in [2.75, 3.05) is 0 Å². The van der Waals surface area contributed by atoms with Crippen molar-refractivity contribution in [2.24, 2.45) is 0 Å². The van der Waals surface area contributed by atoms with Crippen molar-refractivity contribution in [3.05, 3.63) is 12.2 Å². The molecule has 0 unspecified atom stereocenters. The third kappa shape index (κ3) is 3.02. The molecule has 0 atom stereocenters. The minimum atomic E-state index is -7.05. The van der Waals surface area contributed by atoms with E-state index < -0.39 is 41.1 Å². The van der Waals surface area contributed by atoms with Gasteiger partial charge < -0.3 is 4.74 Å². The Morgan fingerprint density at radius 2 is 1.18 bits per heavy atom. The van der Waals surface area contributed by atoms with Crippen LogP contribution in [0, 0.1) is 0 Å². The summed E-state index contributed by atoms with van der Waals surface area (Å²) in [7, 11) is 0. The van der Waals surface area contributed by atoms with E-state index in [0.29, 0.717) is 0 Å². The van der Waals surface area contributed by atoms with Gasteiger partial charge in [0.25, 0.3) is 0 Å². The maximum absolute atomic E-state index is 13.6. The summed E-state index contributed by atoms with van der Waals surface area (Å²) in [5, 5.41) is 0. The summed E-state index contributed by atoms with van der Waals surface area (Å²) >= 11 is 0. The van der Waals surface area contributed by atoms with E-state index >= 15 is 0 Å². The number of rotatable bonds is 5. The number of carbonyl (C=O) groups is 1. The predicted octanol–water partition coefficient (Wildman–Crippen LogP) is 4.35. The quantitative estimate of drug-likeness (QED) is 0.420. The first-order valence-corrected chi connectivity index (χ1v) is 5.42. The molecule has 0 aromatic carbocycles. The van der Waals surface area contributed by atoms with Crippen molar-refractivity contribution >= 4 is 5.97 Å². The van der Waals surface area contributed by atoms with Gasteiger partial charge in [-0.1, -0.05) is 6.58 Å². The summed E-state index contributed by atoms with van der Waals surface area (Å²) in [6.45, 7) is 4.02. The Morgan fingerprint density at radius 1 is 0.818 bits per heavy atom. The fraction of sp³-hybridized carbons (Fsp3) is 0.727. The summed E-state index contributed by atoms with van der Waals surface area (Å²) < 4.78 is 119. The van der Waals surface area contributed by atoms with Crippen LogP contribution in [0.4, 0.5) is 39.5 Å². The van der Waals surface area contributed by atoms with E-state index in [9.17, 15) is 44.3 Å². The van der Waals surface area contributed by atoms with Crippen molar-refractivity contribution in [1.29, 1.82) is 0 Å². The van der Waals surface area contributed by atoms with E-state index in [4.69, 9.17) is 0 Å². The van der Waals surface area contributed by atoms with E-state index in [1.54, 1.807) is 0 Å². The minimum Gasteiger partial charge on any atom is -0.450 e. The topological polar surface area (TPSA) is 26.3 Å². The Kier molecular flexibility index (Phi) is 4.99. The molecule has 22 heavy (non-hydrogen) atoms. The second kappa shape index (κ2) is 5.34. The van der Waals surface area contributed by atoms with Crippen LogP contribution in [0.3, 0.4) is 0 Å². The smallest absolute Gasteiger partial charge is 0.450 e. The lowest BCUT2D eigenvalue weighted by molar-refractivity contribution is -0.413. The molecule has 0 radical (unpaired) electrons. The van der Waals surface area contributed by atoms with E-state index in [0.717, 1.165) is 6.92 Å². The van der Waals surface area contributed by atoms with Crippen molar-refractivity contribution in [3.8, 4) is 0 Å². The van der Waals surface area contributed by atoms with Gasteiger partial charge in [-0.2, -0.15) is 39.5 Å². The molecule has 0 heterocycles. The van der Waals surface area contributed by atoms with Crippen LogP contribution in [-0.2, 0) is 9.53 Å². The Hall–Kier alpha value is -1.42. The Morgan fingerprint density at radius 3 is 1.45 bits per heavy atom. The molecule has 0 aliphatic heterocycles. The van der Waals surface area contributed by atoms with Gasteiger partial charge in [0.15, 0.2) is 5.60 Å². The average Bonchev–Trinajstić information content (AvgIpc) is 2.25. The lowest BCUT2D eigenvalue weighted by atomic mass is 9.90. The first kappa shape index (κ1) is 20.6. The maximum Gasteiger partial charge on any atom is 0.460 e. The summed E-state index contributed by atoms with van der Waals surface area (Å²) in [4.78, 5) is 11.1. The summed E-state index contributed by atoms with van der Waals surface area (Å²) in [5.74, 6) is -21.6. The largest absolute Gasteiger partial charge is 0.460 e. The van der Waals surface area contributed by atoms with E-state index in [2.05, 4.69) is 11.3 Å². The first-order valence-electron chi connectivity index (χ1n) is 5.42. The second-order valence-electron chi connectivity index (χ2n) is 4.90. The van der Waals surface area contributed by atoms with Crippen LogP contribution in [0.15, 0.2) is 12.2 Å². The minimum absolute atomic E-state index is 0.0776. The van der Waals surface area contributed by atoms with Gasteiger partial charge in [0, 0.05) is 5.57 Å². The van der Waals surface area contributed by atoms with Gasteiger partial charge >= 0.3 is 29.9 Å². The molecular weight excluding hydrogens is 335 g/mol. The Bertz CT molecular complexity index is 463. The molecule has 0 saturated heterocycles. The zero-order valence-electron chi connectivity index (χ0n) is 11.4. The fourth-order valence-corrected chi connectivity index (χ4v) is 1.14. The van der Waals surface area contributed by atoms with Crippen molar-refractivity contribution in [1.82, 2.24) is 0 Å². The van der Waals surface area contributed by atoms with Gasteiger partial charge in [-0.25, -0.2) is 4.79 Å². The zero-order chi connectivity index (χ0) is 18.4. The highest BCUT2D eigenvalue weighted by molar-refractivity contribution is 5.87. The van der Waals surface area contributed by atoms with Gasteiger partial charge in [-0.3, -0.25) is 0 Å². The van der Waals surface area contributed by atoms with Crippen molar-refractivity contribution < 1.29 is 49.0 Å². The molecule has 2 nitrogen and oxygen atoms in total. The van der Waals surface area contributed by atoms with Crippen LogP contribution < -0.4 is 0 Å². The molecule has 0 aromatic heterocycles. The Labute approximate surface area is 118 Å². The third-order valence-electron chi connectivity index (χ3n) is 2.60. The molecule has 0 saturated carbocycles. The van der Waals surface area contributed by atoms with Gasteiger partial charge in [0.1, 0.15) is 0 Å². The van der Waals surface area contributed by atoms with Gasteiger partial charge in [0.05, 0.1) is 0 Å². The lowest BCUT2D eigenvalue weighted by Crippen LogP contribution is -2.67. The van der Waals surface area contributed by atoms with Crippen molar-refractivity contribution in [2.45, 2.75) is 50.3 Å². The predicted molar refractivity (Wildman–Crippen MR) is 55.9 cm³/mol. The van der Waals surface area contributed by atoms with Crippen LogP contribution in [0.5, 0.6) is 0 Å². The molecule has 0 amide bonds. The number of alkyl halides is 9. The van der Waals surface area contributed by atoms with Crippen LogP contribution >= 0.6 is 0 Å². The van der Waals surface area contributed by atoms with E-state index in [1.807, 2.05) is 0 Å². The summed E-state index contributed by atoms with van der Waals surface area (Å²) in [6.07, 6.45) is -6.94. The average molecular weight is 346 g/mol. The summed E-state index contributed by atoms with van der Waals surface area (Å²) in [6, 6.07) is 0. The molecule has 0 rings (SSSR count). The first-order chi connectivity index (χ1) is 9.33. The van der Waals surface area contributed by atoms with Crippen LogP contribution in [0.25, 0.3) is 0 Å². The maximum atomic E-state index is 13.6. The molecule has 0 bridgehead atoms. The summed E-state index contributed by atoms with van der Waals surface area (Å²) in [5.41, 5.74) is -4.21. The number of halogens is 9. The van der Waals surface area contributed by atoms with Crippen LogP contribution in [0.2, 0.25) is 0 Å². The van der Waals surface area contributed by atoms with Gasteiger partial charge in [0.2, 0.25) is 0 Å². The second-order valence-corrected chi connectivity index (χ2v) is 4.90. The third-order valence-corrected chi connectivity index (χ3v) is 2.60. The van der Waals surface area contributed by atoms with Crippen molar-refractivity contribution in [3.63, 3.8) is 0 Å². The highest BCUT2D eigenvalue weighted by atomic mass is 19.4. The standard InChI is InChI=1S/C11H11F9O2/c1-5(2)6(21)22-7(3,4)8(12,13)9(14,15)10(16,17)11(18,19)20/h1H2,2-4H3. The van der Waals surface area contributed by atoms with Crippen LogP contribution in [-0.4, -0.2) is 35.5 Å². The number of hydrogen-bond acceptors (Lipinski definition) is 2. The monoisotopic (exact) mass is 346 g/mol. The highest BCUT2D eigenvalue weighted by Gasteiger charge is 2.85. The SMILES string of the molecule is C=C(C)C(=O)OC(C)(C)C(F)(F)C(F)(F)C(F)(F)C(F)(F)F. The molecule has 0 aromatic rings. The fourth-order valence-electron chi connectivity index (χ4n) is 1.14. The number of ether oxygens (including phenoxy) is 1. The normalized spacial score (nSPS) is 14.7. The highest BCUT2D eigenvalue weighted by Crippen LogP contribution is 2.56. The molecular formula is C11H11F9O2. The van der Waals surface area contributed by atoms with Gasteiger partial charge in [-0.15, -0.1) is 0 Å². The molecule has 130 valence electrons. The molecule has 0 spiro atoms. The number of hydrogen-bond donors (Lipinski definition) is 0. The van der Waals surface area contributed by atoms with Crippen LogP contribution in [0.1, 0.15) is 20.8 Å².